The number of aromatic nitrogens is 3. The molecule has 0 fully saturated rings. The molecule has 6 heteroatoms. The number of fused-ring (bicyclic) bond motifs is 2. The minimum atomic E-state index is -0.139. The van der Waals surface area contributed by atoms with Crippen molar-refractivity contribution in [1.82, 2.24) is 15.2 Å². The van der Waals surface area contributed by atoms with Crippen molar-refractivity contribution in [2.75, 3.05) is 11.9 Å². The fourth-order valence-electron chi connectivity index (χ4n) is 3.66. The van der Waals surface area contributed by atoms with E-state index in [-0.39, 0.29) is 5.91 Å². The van der Waals surface area contributed by atoms with Gasteiger partial charge in [0.2, 0.25) is 0 Å². The van der Waals surface area contributed by atoms with Crippen LogP contribution in [0.15, 0.2) is 54.7 Å². The first-order chi connectivity index (χ1) is 14.2. The molecule has 2 aromatic heterocycles. The van der Waals surface area contributed by atoms with Crippen LogP contribution in [0.2, 0.25) is 0 Å². The molecule has 3 heterocycles. The van der Waals surface area contributed by atoms with Gasteiger partial charge in [-0.15, -0.1) is 0 Å². The molecule has 0 radical (unpaired) electrons. The van der Waals surface area contributed by atoms with Gasteiger partial charge in [-0.25, -0.2) is 0 Å². The van der Waals surface area contributed by atoms with E-state index in [2.05, 4.69) is 20.5 Å². The van der Waals surface area contributed by atoms with Gasteiger partial charge < -0.3 is 10.1 Å². The third-order valence-corrected chi connectivity index (χ3v) is 5.23. The molecule has 0 unspecified atom stereocenters. The average molecular weight is 384 g/mol. The summed E-state index contributed by atoms with van der Waals surface area (Å²) >= 11 is 0. The highest BCUT2D eigenvalue weighted by Gasteiger charge is 2.18. The number of pyridine rings is 1. The third-order valence-electron chi connectivity index (χ3n) is 5.23. The Bertz CT molecular complexity index is 1210. The molecule has 6 nitrogen and oxygen atoms in total. The zero-order chi connectivity index (χ0) is 19.8. The van der Waals surface area contributed by atoms with E-state index in [4.69, 9.17) is 4.74 Å². The van der Waals surface area contributed by atoms with Gasteiger partial charge in [0.05, 0.1) is 18.9 Å². The topological polar surface area (TPSA) is 79.9 Å². The molecule has 2 N–H and O–H groups in total. The number of hydrogen-bond donors (Lipinski definition) is 2. The Morgan fingerprint density at radius 3 is 2.83 bits per heavy atom. The van der Waals surface area contributed by atoms with E-state index in [0.29, 0.717) is 12.2 Å². The van der Waals surface area contributed by atoms with Crippen molar-refractivity contribution < 1.29 is 9.53 Å². The number of aryl methyl sites for hydroxylation is 1. The van der Waals surface area contributed by atoms with E-state index in [9.17, 15) is 4.79 Å². The summed E-state index contributed by atoms with van der Waals surface area (Å²) in [5.74, 6) is -0.139. The van der Waals surface area contributed by atoms with Crippen molar-refractivity contribution >= 4 is 22.4 Å². The second-order valence-corrected chi connectivity index (χ2v) is 7.25. The Kier molecular flexibility index (Phi) is 4.33. The third kappa shape index (κ3) is 3.39. The maximum absolute atomic E-state index is 12.7. The number of nitrogens with zero attached hydrogens (tertiary/aromatic N) is 2. The van der Waals surface area contributed by atoms with Crippen LogP contribution in [-0.4, -0.2) is 27.7 Å². The van der Waals surface area contributed by atoms with Crippen molar-refractivity contribution in [3.8, 4) is 11.3 Å². The molecule has 0 spiro atoms. The van der Waals surface area contributed by atoms with Crippen molar-refractivity contribution in [3.05, 3.63) is 77.2 Å². The second kappa shape index (κ2) is 7.14. The number of hydrogen-bond acceptors (Lipinski definition) is 4. The molecule has 29 heavy (non-hydrogen) atoms. The average Bonchev–Trinajstić information content (AvgIpc) is 3.18. The largest absolute Gasteiger partial charge is 0.376 e. The maximum atomic E-state index is 12.7. The lowest BCUT2D eigenvalue weighted by Gasteiger charge is -2.12. The van der Waals surface area contributed by atoms with Crippen LogP contribution in [0.25, 0.3) is 22.0 Å². The first kappa shape index (κ1) is 17.6. The van der Waals surface area contributed by atoms with Crippen LogP contribution in [0.5, 0.6) is 0 Å². The summed E-state index contributed by atoms with van der Waals surface area (Å²) in [4.78, 5) is 17.0. The SMILES string of the molecule is Cc1cc2cc(C(=O)Nc3ccc(-c4n[nH]c5c4COCC5)cc3)ccc2cn1. The van der Waals surface area contributed by atoms with Gasteiger partial charge in [-0.05, 0) is 42.6 Å². The zero-order valence-electron chi connectivity index (χ0n) is 16.0. The first-order valence-corrected chi connectivity index (χ1v) is 9.59. The summed E-state index contributed by atoms with van der Waals surface area (Å²) in [5.41, 5.74) is 6.46. The first-order valence-electron chi connectivity index (χ1n) is 9.59. The maximum Gasteiger partial charge on any atom is 0.255 e. The molecule has 1 amide bonds. The standard InChI is InChI=1S/C23H20N4O2/c1-14-10-18-11-16(2-3-17(18)12-24-14)23(28)25-19-6-4-15(5-7-19)22-20-13-29-9-8-21(20)26-27-22/h2-7,10-12H,8-9,13H2,1H3,(H,25,28)(H,26,27). The summed E-state index contributed by atoms with van der Waals surface area (Å²) < 4.78 is 5.56. The minimum absolute atomic E-state index is 0.139. The van der Waals surface area contributed by atoms with E-state index in [1.165, 1.54) is 0 Å². The van der Waals surface area contributed by atoms with Gasteiger partial charge in [0, 0.05) is 51.8 Å². The van der Waals surface area contributed by atoms with Gasteiger partial charge in [-0.3, -0.25) is 14.9 Å². The lowest BCUT2D eigenvalue weighted by atomic mass is 10.0. The number of H-pyrrole nitrogens is 1. The number of carbonyl (C=O) groups excluding carboxylic acids is 1. The molecule has 0 atom stereocenters. The van der Waals surface area contributed by atoms with Crippen LogP contribution in [0.4, 0.5) is 5.69 Å². The van der Waals surface area contributed by atoms with Crippen molar-refractivity contribution in [2.24, 2.45) is 0 Å². The van der Waals surface area contributed by atoms with Gasteiger partial charge in [0.25, 0.3) is 5.91 Å². The van der Waals surface area contributed by atoms with Crippen molar-refractivity contribution in [1.29, 1.82) is 0 Å². The molecule has 2 aromatic carbocycles. The number of ether oxygens (including phenoxy) is 1. The summed E-state index contributed by atoms with van der Waals surface area (Å²) in [5, 5.41) is 12.5. The Morgan fingerprint density at radius 1 is 1.10 bits per heavy atom. The van der Waals surface area contributed by atoms with Crippen LogP contribution >= 0.6 is 0 Å². The molecule has 1 aliphatic rings. The summed E-state index contributed by atoms with van der Waals surface area (Å²) in [7, 11) is 0. The molecule has 1 aliphatic heterocycles. The van der Waals surface area contributed by atoms with E-state index in [0.717, 1.165) is 57.7 Å². The fraction of sp³-hybridized carbons (Fsp3) is 0.174. The van der Waals surface area contributed by atoms with E-state index >= 15 is 0 Å². The van der Waals surface area contributed by atoms with Gasteiger partial charge in [-0.2, -0.15) is 5.10 Å². The minimum Gasteiger partial charge on any atom is -0.376 e. The van der Waals surface area contributed by atoms with Crippen LogP contribution < -0.4 is 5.32 Å². The zero-order valence-corrected chi connectivity index (χ0v) is 16.0. The predicted molar refractivity (Wildman–Crippen MR) is 112 cm³/mol. The van der Waals surface area contributed by atoms with Gasteiger partial charge in [0.1, 0.15) is 0 Å². The Hall–Kier alpha value is -3.51. The number of aromatic amines is 1. The Balaban J connectivity index is 1.36. The number of nitrogens with one attached hydrogen (secondary N) is 2. The van der Waals surface area contributed by atoms with E-state index in [1.54, 1.807) is 0 Å². The van der Waals surface area contributed by atoms with Crippen LogP contribution in [0.1, 0.15) is 27.3 Å². The lowest BCUT2D eigenvalue weighted by Crippen LogP contribution is -2.11. The molecular formula is C23H20N4O2. The van der Waals surface area contributed by atoms with E-state index < -0.39 is 0 Å². The van der Waals surface area contributed by atoms with Gasteiger partial charge >= 0.3 is 0 Å². The highest BCUT2D eigenvalue weighted by molar-refractivity contribution is 6.06. The van der Waals surface area contributed by atoms with E-state index in [1.807, 2.05) is 61.7 Å². The number of benzene rings is 2. The second-order valence-electron chi connectivity index (χ2n) is 7.25. The Morgan fingerprint density at radius 2 is 1.97 bits per heavy atom. The van der Waals surface area contributed by atoms with Crippen molar-refractivity contribution in [2.45, 2.75) is 20.0 Å². The van der Waals surface area contributed by atoms with Gasteiger partial charge in [0.15, 0.2) is 0 Å². The molecule has 5 rings (SSSR count). The summed E-state index contributed by atoms with van der Waals surface area (Å²) in [6.07, 6.45) is 2.68. The fourth-order valence-corrected chi connectivity index (χ4v) is 3.66. The lowest BCUT2D eigenvalue weighted by molar-refractivity contribution is 0.102. The number of carbonyl (C=O) groups is 1. The quantitative estimate of drug-likeness (QED) is 0.553. The molecule has 144 valence electrons. The highest BCUT2D eigenvalue weighted by atomic mass is 16.5. The molecule has 0 aliphatic carbocycles. The predicted octanol–water partition coefficient (Wildman–Crippen LogP) is 4.26. The van der Waals surface area contributed by atoms with Crippen LogP contribution in [-0.2, 0) is 17.8 Å². The van der Waals surface area contributed by atoms with Crippen LogP contribution in [0, 0.1) is 6.92 Å². The normalized spacial score (nSPS) is 13.3. The molecule has 0 saturated carbocycles. The van der Waals surface area contributed by atoms with Gasteiger partial charge in [-0.1, -0.05) is 18.2 Å². The molecule has 0 saturated heterocycles. The number of rotatable bonds is 3. The molecule has 0 bridgehead atoms. The molecule has 4 aromatic rings. The summed E-state index contributed by atoms with van der Waals surface area (Å²) in [6.45, 7) is 3.25. The van der Waals surface area contributed by atoms with Crippen molar-refractivity contribution in [3.63, 3.8) is 0 Å². The number of amides is 1. The van der Waals surface area contributed by atoms with Crippen LogP contribution in [0.3, 0.4) is 0 Å². The smallest absolute Gasteiger partial charge is 0.255 e. The monoisotopic (exact) mass is 384 g/mol. The Labute approximate surface area is 167 Å². The summed E-state index contributed by atoms with van der Waals surface area (Å²) in [6, 6.07) is 15.3. The highest BCUT2D eigenvalue weighted by Crippen LogP contribution is 2.28. The number of anilines is 1. The molecular weight excluding hydrogens is 364 g/mol.